The summed E-state index contributed by atoms with van der Waals surface area (Å²) in [6, 6.07) is 16.6. The van der Waals surface area contributed by atoms with Crippen LogP contribution >= 0.6 is 11.8 Å². The van der Waals surface area contributed by atoms with E-state index in [-0.39, 0.29) is 37.6 Å². The summed E-state index contributed by atoms with van der Waals surface area (Å²) < 4.78 is 12.6. The molecule has 3 N–H and O–H groups in total. The zero-order chi connectivity index (χ0) is 25.3. The van der Waals surface area contributed by atoms with Crippen molar-refractivity contribution in [3.63, 3.8) is 0 Å². The van der Waals surface area contributed by atoms with Gasteiger partial charge in [0.25, 0.3) is 0 Å². The number of hydrogen-bond donors (Lipinski definition) is 3. The van der Waals surface area contributed by atoms with E-state index in [1.807, 2.05) is 30.3 Å². The monoisotopic (exact) mass is 509 g/mol. The molecule has 188 valence electrons. The predicted molar refractivity (Wildman–Crippen MR) is 133 cm³/mol. The Balaban J connectivity index is 1.50. The van der Waals surface area contributed by atoms with Crippen molar-refractivity contribution in [1.29, 1.82) is 0 Å². The molecule has 3 aromatic rings. The molecule has 36 heavy (non-hydrogen) atoms. The Morgan fingerprint density at radius 2 is 1.78 bits per heavy atom. The van der Waals surface area contributed by atoms with Gasteiger partial charge in [-0.2, -0.15) is 0 Å². The minimum Gasteiger partial charge on any atom is -0.481 e. The maximum atomic E-state index is 12.1. The van der Waals surface area contributed by atoms with Gasteiger partial charge in [0.15, 0.2) is 11.4 Å². The first kappa shape index (κ1) is 25.8. The van der Waals surface area contributed by atoms with Crippen LogP contribution < -0.4 is 5.32 Å². The highest BCUT2D eigenvalue weighted by molar-refractivity contribution is 7.99. The lowest BCUT2D eigenvalue weighted by Gasteiger charge is -2.36. The van der Waals surface area contributed by atoms with Crippen molar-refractivity contribution in [2.45, 2.75) is 49.5 Å². The Kier molecular flexibility index (Phi) is 9.01. The number of anilines is 1. The third-order valence-electron chi connectivity index (χ3n) is 5.56. The minimum atomic E-state index is -1.02. The van der Waals surface area contributed by atoms with Gasteiger partial charge in [-0.1, -0.05) is 48.2 Å². The Morgan fingerprint density at radius 1 is 1.00 bits per heavy atom. The average molecular weight is 510 g/mol. The Hall–Kier alpha value is -3.31. The van der Waals surface area contributed by atoms with Crippen molar-refractivity contribution in [2.75, 3.05) is 11.1 Å². The second kappa shape index (κ2) is 12.6. The van der Waals surface area contributed by atoms with Gasteiger partial charge in [0, 0.05) is 42.2 Å². The number of nitrogens with zero attached hydrogens (tertiary/aromatic N) is 2. The van der Waals surface area contributed by atoms with Gasteiger partial charge in [-0.05, 0) is 29.3 Å². The highest BCUT2D eigenvalue weighted by Gasteiger charge is 2.32. The molecule has 2 heterocycles. The summed E-state index contributed by atoms with van der Waals surface area (Å²) in [7, 11) is 0. The Labute approximate surface area is 212 Å². The van der Waals surface area contributed by atoms with E-state index in [4.69, 9.17) is 14.6 Å². The highest BCUT2D eigenvalue weighted by atomic mass is 32.2. The fourth-order valence-corrected chi connectivity index (χ4v) is 4.58. The fraction of sp³-hybridized carbons (Fsp3) is 0.308. The fourth-order valence-electron chi connectivity index (χ4n) is 3.76. The van der Waals surface area contributed by atoms with E-state index < -0.39 is 12.3 Å². The Morgan fingerprint density at radius 3 is 2.50 bits per heavy atom. The molecule has 1 aliphatic heterocycles. The van der Waals surface area contributed by atoms with Crippen molar-refractivity contribution in [2.24, 2.45) is 0 Å². The molecule has 0 aliphatic carbocycles. The van der Waals surface area contributed by atoms with Crippen molar-refractivity contribution >= 4 is 29.3 Å². The molecule has 1 aromatic heterocycles. The van der Waals surface area contributed by atoms with Gasteiger partial charge in [0.2, 0.25) is 5.91 Å². The summed E-state index contributed by atoms with van der Waals surface area (Å²) in [5, 5.41) is 21.6. The number of aliphatic hydroxyl groups is 1. The van der Waals surface area contributed by atoms with Crippen LogP contribution in [0.15, 0.2) is 72.1 Å². The molecule has 1 fully saturated rings. The van der Waals surface area contributed by atoms with E-state index in [0.717, 1.165) is 16.7 Å². The molecule has 0 unspecified atom stereocenters. The average Bonchev–Trinajstić information content (AvgIpc) is 2.91. The van der Waals surface area contributed by atoms with E-state index in [2.05, 4.69) is 15.3 Å². The lowest BCUT2D eigenvalue weighted by atomic mass is 10.0. The lowest BCUT2D eigenvalue weighted by molar-refractivity contribution is -0.245. The molecule has 0 saturated carbocycles. The number of benzene rings is 2. The summed E-state index contributed by atoms with van der Waals surface area (Å²) in [5.41, 5.74) is 3.06. The topological polar surface area (TPSA) is 131 Å². The lowest BCUT2D eigenvalue weighted by Crippen LogP contribution is -2.31. The molecule has 0 radical (unpaired) electrons. The number of amides is 1. The van der Waals surface area contributed by atoms with Crippen LogP contribution in [0.1, 0.15) is 48.3 Å². The largest absolute Gasteiger partial charge is 0.481 e. The number of nitrogens with one attached hydrogen (secondary N) is 1. The molecular weight excluding hydrogens is 482 g/mol. The molecule has 1 amide bonds. The van der Waals surface area contributed by atoms with Gasteiger partial charge in [0.1, 0.15) is 0 Å². The zero-order valence-corrected chi connectivity index (χ0v) is 20.3. The third kappa shape index (κ3) is 7.34. The minimum absolute atomic E-state index is 0.0289. The predicted octanol–water partition coefficient (Wildman–Crippen LogP) is 4.11. The number of carbonyl (C=O) groups excluding carboxylic acids is 1. The van der Waals surface area contributed by atoms with Gasteiger partial charge in [0.05, 0.1) is 25.2 Å². The van der Waals surface area contributed by atoms with Crippen LogP contribution in [0.5, 0.6) is 0 Å². The van der Waals surface area contributed by atoms with Gasteiger partial charge in [-0.25, -0.2) is 9.97 Å². The second-order valence-corrected chi connectivity index (χ2v) is 9.25. The highest BCUT2D eigenvalue weighted by Crippen LogP contribution is 2.39. The van der Waals surface area contributed by atoms with Crippen LogP contribution in [0.25, 0.3) is 0 Å². The first-order chi connectivity index (χ1) is 17.5. The number of rotatable bonds is 10. The third-order valence-corrected chi connectivity index (χ3v) is 6.57. The summed E-state index contributed by atoms with van der Waals surface area (Å²) in [6.07, 6.45) is 2.60. The molecule has 1 aliphatic rings. The first-order valence-corrected chi connectivity index (χ1v) is 12.5. The van der Waals surface area contributed by atoms with Crippen LogP contribution in [0.4, 0.5) is 5.69 Å². The zero-order valence-electron chi connectivity index (χ0n) is 19.4. The molecule has 1 saturated heterocycles. The molecule has 10 heteroatoms. The number of ether oxygens (including phenoxy) is 2. The summed E-state index contributed by atoms with van der Waals surface area (Å²) in [6.45, 7) is -0.0289. The first-order valence-electron chi connectivity index (χ1n) is 11.5. The van der Waals surface area contributed by atoms with Crippen molar-refractivity contribution in [3.8, 4) is 0 Å². The molecule has 0 bridgehead atoms. The van der Waals surface area contributed by atoms with Gasteiger partial charge in [-0.3, -0.25) is 9.59 Å². The van der Waals surface area contributed by atoms with Gasteiger partial charge in [-0.15, -0.1) is 0 Å². The molecule has 2 aromatic carbocycles. The molecule has 9 nitrogen and oxygen atoms in total. The van der Waals surface area contributed by atoms with Crippen LogP contribution in [0.2, 0.25) is 0 Å². The van der Waals surface area contributed by atoms with E-state index in [1.54, 1.807) is 36.7 Å². The normalized spacial score (nSPS) is 19.5. The number of carboxylic acid groups (broad SMARTS) is 1. The molecule has 0 spiro atoms. The second-order valence-electron chi connectivity index (χ2n) is 8.26. The van der Waals surface area contributed by atoms with Crippen LogP contribution in [0, 0.1) is 0 Å². The van der Waals surface area contributed by atoms with Crippen LogP contribution in [-0.4, -0.2) is 43.9 Å². The van der Waals surface area contributed by atoms with Crippen molar-refractivity contribution in [3.05, 3.63) is 83.7 Å². The summed E-state index contributed by atoms with van der Waals surface area (Å²) in [4.78, 5) is 31.4. The molecular formula is C26H27N3O6S. The summed E-state index contributed by atoms with van der Waals surface area (Å²) in [5.74, 6) is -0.773. The van der Waals surface area contributed by atoms with Crippen molar-refractivity contribution in [1.82, 2.24) is 9.97 Å². The number of hydrogen-bond acceptors (Lipinski definition) is 8. The van der Waals surface area contributed by atoms with E-state index in [9.17, 15) is 14.7 Å². The number of aliphatic hydroxyl groups excluding tert-OH is 1. The van der Waals surface area contributed by atoms with E-state index >= 15 is 0 Å². The van der Waals surface area contributed by atoms with Gasteiger partial charge < -0.3 is 25.0 Å². The Bertz CT molecular complexity index is 1160. The van der Waals surface area contributed by atoms with Crippen LogP contribution in [0.3, 0.4) is 0 Å². The maximum absolute atomic E-state index is 12.1. The standard InChI is InChI=1S/C26H27N3O6S/c30-15-17-5-7-18(8-6-17)22-14-21(16-36-26-27-11-2-12-28-26)34-25(35-22)19-3-1-4-20(13-19)29-23(31)9-10-24(32)33/h1-8,11-13,21-22,25,30H,9-10,14-16H2,(H,29,31)(H,32,33)/t21-,22+,25+/m1/s1. The molecule has 3 atom stereocenters. The maximum Gasteiger partial charge on any atom is 0.303 e. The van der Waals surface area contributed by atoms with E-state index in [1.165, 1.54) is 11.8 Å². The molecule has 4 rings (SSSR count). The van der Waals surface area contributed by atoms with Gasteiger partial charge >= 0.3 is 5.97 Å². The number of carbonyl (C=O) groups is 2. The van der Waals surface area contributed by atoms with Crippen LogP contribution in [-0.2, 0) is 25.7 Å². The smallest absolute Gasteiger partial charge is 0.303 e. The van der Waals surface area contributed by atoms with Crippen molar-refractivity contribution < 1.29 is 29.3 Å². The van der Waals surface area contributed by atoms with E-state index in [0.29, 0.717) is 23.0 Å². The quantitative estimate of drug-likeness (QED) is 0.273. The number of aliphatic carboxylic acids is 1. The SMILES string of the molecule is O=C(O)CCC(=O)Nc1cccc([C@H]2O[C@@H](CSc3ncccn3)C[C@@H](c3ccc(CO)cc3)O2)c1. The number of aromatic nitrogens is 2. The number of carboxylic acids is 1. The number of thioether (sulfide) groups is 1. The summed E-state index contributed by atoms with van der Waals surface area (Å²) >= 11 is 1.51.